The van der Waals surface area contributed by atoms with E-state index in [-0.39, 0.29) is 0 Å². The fraction of sp³-hybridized carbons (Fsp3) is 1.00. The Bertz CT molecular complexity index is 296. The average molecular weight is 296 g/mol. The highest BCUT2D eigenvalue weighted by Gasteiger charge is 2.12. The van der Waals surface area contributed by atoms with Crippen molar-refractivity contribution in [3.05, 3.63) is 0 Å². The predicted molar refractivity (Wildman–Crippen MR) is 76.9 cm³/mol. The van der Waals surface area contributed by atoms with Crippen molar-refractivity contribution >= 4 is 10.0 Å². The number of methoxy groups -OCH3 is 1. The lowest BCUT2D eigenvalue weighted by Crippen LogP contribution is -2.32. The summed E-state index contributed by atoms with van der Waals surface area (Å²) >= 11 is 0. The van der Waals surface area contributed by atoms with Crippen molar-refractivity contribution < 1.29 is 17.9 Å². The average Bonchev–Trinajstić information content (AvgIpc) is 2.34. The number of rotatable bonds is 13. The van der Waals surface area contributed by atoms with Gasteiger partial charge in [0.15, 0.2) is 0 Å². The molecule has 0 aromatic heterocycles. The Labute approximate surface area is 117 Å². The maximum atomic E-state index is 11.3. The first-order valence-electron chi connectivity index (χ1n) is 6.75. The predicted octanol–water partition coefficient (Wildman–Crippen LogP) is 0.301. The van der Waals surface area contributed by atoms with E-state index in [9.17, 15) is 8.42 Å². The van der Waals surface area contributed by atoms with Crippen LogP contribution in [-0.4, -0.2) is 72.1 Å². The Morgan fingerprint density at radius 3 is 2.42 bits per heavy atom. The molecule has 1 N–H and O–H groups in total. The zero-order valence-corrected chi connectivity index (χ0v) is 13.2. The van der Waals surface area contributed by atoms with Crippen LogP contribution in [0, 0.1) is 0 Å². The van der Waals surface area contributed by atoms with E-state index >= 15 is 0 Å². The second-order valence-corrected chi connectivity index (χ2v) is 6.30. The van der Waals surface area contributed by atoms with Crippen molar-refractivity contribution in [3.8, 4) is 0 Å². The van der Waals surface area contributed by atoms with E-state index in [1.54, 1.807) is 7.11 Å². The van der Waals surface area contributed by atoms with Gasteiger partial charge in [-0.3, -0.25) is 0 Å². The number of nitrogens with zero attached hydrogens (tertiary/aromatic N) is 1. The summed E-state index contributed by atoms with van der Waals surface area (Å²) in [5.74, 6) is 0. The molecule has 0 amide bonds. The summed E-state index contributed by atoms with van der Waals surface area (Å²) in [6, 6.07) is 0. The Morgan fingerprint density at radius 2 is 1.84 bits per heavy atom. The van der Waals surface area contributed by atoms with Gasteiger partial charge in [-0.1, -0.05) is 6.92 Å². The smallest absolute Gasteiger partial charge is 0.211 e. The van der Waals surface area contributed by atoms with Crippen LogP contribution in [0.3, 0.4) is 0 Å². The minimum atomic E-state index is -3.06. The monoisotopic (exact) mass is 296 g/mol. The standard InChI is InChI=1S/C12H28N2O4S/c1-4-14(19(3,15)16)9-5-7-13-8-12-18-11-6-10-17-2/h13H,4-12H2,1-3H3. The molecular formula is C12H28N2O4S. The first kappa shape index (κ1) is 18.8. The molecule has 0 saturated heterocycles. The molecule has 0 aromatic rings. The third-order valence-electron chi connectivity index (χ3n) is 2.64. The van der Waals surface area contributed by atoms with E-state index in [1.807, 2.05) is 6.92 Å². The first-order chi connectivity index (χ1) is 9.02. The molecule has 0 saturated carbocycles. The molecule has 0 spiro atoms. The number of sulfonamides is 1. The van der Waals surface area contributed by atoms with Crippen LogP contribution < -0.4 is 5.32 Å². The zero-order chi connectivity index (χ0) is 14.6. The van der Waals surface area contributed by atoms with E-state index in [0.29, 0.717) is 26.3 Å². The number of ether oxygens (including phenoxy) is 2. The summed E-state index contributed by atoms with van der Waals surface area (Å²) in [7, 11) is -1.38. The third-order valence-corrected chi connectivity index (χ3v) is 4.02. The molecule has 116 valence electrons. The molecule has 6 nitrogen and oxygen atoms in total. The molecule has 7 heteroatoms. The summed E-state index contributed by atoms with van der Waals surface area (Å²) in [4.78, 5) is 0. The summed E-state index contributed by atoms with van der Waals surface area (Å²) in [5, 5.41) is 3.23. The molecule has 0 aliphatic rings. The topological polar surface area (TPSA) is 67.9 Å². The van der Waals surface area contributed by atoms with Gasteiger partial charge in [0.1, 0.15) is 0 Å². The van der Waals surface area contributed by atoms with Crippen LogP contribution in [0.5, 0.6) is 0 Å². The van der Waals surface area contributed by atoms with Gasteiger partial charge in [-0.25, -0.2) is 12.7 Å². The van der Waals surface area contributed by atoms with Gasteiger partial charge in [-0.05, 0) is 19.4 Å². The van der Waals surface area contributed by atoms with Crippen molar-refractivity contribution in [1.82, 2.24) is 9.62 Å². The minimum absolute atomic E-state index is 0.529. The fourth-order valence-electron chi connectivity index (χ4n) is 1.62. The van der Waals surface area contributed by atoms with Crippen molar-refractivity contribution in [2.45, 2.75) is 19.8 Å². The molecular weight excluding hydrogens is 268 g/mol. The van der Waals surface area contributed by atoms with Gasteiger partial charge in [0.2, 0.25) is 10.0 Å². The molecule has 0 radical (unpaired) electrons. The lowest BCUT2D eigenvalue weighted by molar-refractivity contribution is 0.104. The van der Waals surface area contributed by atoms with Crippen LogP contribution in [0.15, 0.2) is 0 Å². The van der Waals surface area contributed by atoms with Crippen molar-refractivity contribution in [2.24, 2.45) is 0 Å². The molecule has 0 aliphatic heterocycles. The van der Waals surface area contributed by atoms with E-state index in [2.05, 4.69) is 5.32 Å². The maximum Gasteiger partial charge on any atom is 0.211 e. The number of hydrogen-bond donors (Lipinski definition) is 1. The SMILES string of the molecule is CCN(CCCNCCOCCCOC)S(C)(=O)=O. The molecule has 0 heterocycles. The second kappa shape index (κ2) is 11.6. The maximum absolute atomic E-state index is 11.3. The summed E-state index contributed by atoms with van der Waals surface area (Å²) in [6.45, 7) is 6.65. The van der Waals surface area contributed by atoms with Crippen LogP contribution in [0.2, 0.25) is 0 Å². The molecule has 0 rings (SSSR count). The van der Waals surface area contributed by atoms with E-state index in [1.165, 1.54) is 10.6 Å². The minimum Gasteiger partial charge on any atom is -0.385 e. The van der Waals surface area contributed by atoms with Gasteiger partial charge in [-0.15, -0.1) is 0 Å². The van der Waals surface area contributed by atoms with Gasteiger partial charge >= 0.3 is 0 Å². The van der Waals surface area contributed by atoms with Crippen LogP contribution in [0.25, 0.3) is 0 Å². The highest BCUT2D eigenvalue weighted by atomic mass is 32.2. The number of nitrogens with one attached hydrogen (secondary N) is 1. The molecule has 0 bridgehead atoms. The van der Waals surface area contributed by atoms with Gasteiger partial charge in [0.25, 0.3) is 0 Å². The van der Waals surface area contributed by atoms with Gasteiger partial charge in [-0.2, -0.15) is 0 Å². The first-order valence-corrected chi connectivity index (χ1v) is 8.59. The zero-order valence-electron chi connectivity index (χ0n) is 12.4. The molecule has 19 heavy (non-hydrogen) atoms. The lowest BCUT2D eigenvalue weighted by Gasteiger charge is -2.17. The van der Waals surface area contributed by atoms with Gasteiger partial charge in [0.05, 0.1) is 12.9 Å². The number of hydrogen-bond acceptors (Lipinski definition) is 5. The largest absolute Gasteiger partial charge is 0.385 e. The van der Waals surface area contributed by atoms with E-state index in [0.717, 1.165) is 32.5 Å². The van der Waals surface area contributed by atoms with Crippen LogP contribution >= 0.6 is 0 Å². The molecule has 0 atom stereocenters. The van der Waals surface area contributed by atoms with Crippen LogP contribution in [-0.2, 0) is 19.5 Å². The second-order valence-electron chi connectivity index (χ2n) is 4.32. The van der Waals surface area contributed by atoms with Crippen molar-refractivity contribution in [1.29, 1.82) is 0 Å². The Balaban J connectivity index is 3.35. The molecule has 0 unspecified atom stereocenters. The van der Waals surface area contributed by atoms with Gasteiger partial charge < -0.3 is 14.8 Å². The Kier molecular flexibility index (Phi) is 11.5. The molecule has 0 aliphatic carbocycles. The van der Waals surface area contributed by atoms with Crippen LogP contribution in [0.1, 0.15) is 19.8 Å². The quantitative estimate of drug-likeness (QED) is 0.495. The summed E-state index contributed by atoms with van der Waals surface area (Å²) in [5.41, 5.74) is 0. The third kappa shape index (κ3) is 11.3. The van der Waals surface area contributed by atoms with Crippen molar-refractivity contribution in [2.75, 3.05) is 59.4 Å². The highest BCUT2D eigenvalue weighted by molar-refractivity contribution is 7.88. The van der Waals surface area contributed by atoms with Crippen LogP contribution in [0.4, 0.5) is 0 Å². The Hall–Kier alpha value is -0.210. The molecule has 0 aromatic carbocycles. The normalized spacial score (nSPS) is 12.2. The summed E-state index contributed by atoms with van der Waals surface area (Å²) in [6.07, 6.45) is 2.97. The van der Waals surface area contributed by atoms with E-state index < -0.39 is 10.0 Å². The highest BCUT2D eigenvalue weighted by Crippen LogP contribution is 1.97. The van der Waals surface area contributed by atoms with Crippen molar-refractivity contribution in [3.63, 3.8) is 0 Å². The van der Waals surface area contributed by atoms with E-state index in [4.69, 9.17) is 9.47 Å². The summed E-state index contributed by atoms with van der Waals surface area (Å²) < 4.78 is 34.4. The molecule has 0 fully saturated rings. The lowest BCUT2D eigenvalue weighted by atomic mass is 10.4. The Morgan fingerprint density at radius 1 is 1.11 bits per heavy atom. The van der Waals surface area contributed by atoms with Gasteiger partial charge in [0, 0.05) is 40.0 Å². The fourth-order valence-corrected chi connectivity index (χ4v) is 2.55.